The second-order valence-electron chi connectivity index (χ2n) is 2.41. The van der Waals surface area contributed by atoms with Crippen molar-refractivity contribution in [3.8, 4) is 0 Å². The molecule has 14 heavy (non-hydrogen) atoms. The van der Waals surface area contributed by atoms with Crippen LogP contribution in [0.3, 0.4) is 0 Å². The van der Waals surface area contributed by atoms with Crippen LogP contribution in [0.25, 0.3) is 0 Å². The van der Waals surface area contributed by atoms with Crippen LogP contribution in [-0.2, 0) is 4.74 Å². The summed E-state index contributed by atoms with van der Waals surface area (Å²) in [5.41, 5.74) is -0.413. The molecule has 0 aromatic heterocycles. The van der Waals surface area contributed by atoms with Crippen LogP contribution in [-0.4, -0.2) is 13.1 Å². The minimum absolute atomic E-state index is 0.0612. The lowest BCUT2D eigenvalue weighted by atomic mass is 10.2. The molecular formula is C8H6ClFNO3+. The van der Waals surface area contributed by atoms with Crippen molar-refractivity contribution in [1.82, 2.24) is 0 Å². The van der Waals surface area contributed by atoms with Gasteiger partial charge in [0.1, 0.15) is 0 Å². The summed E-state index contributed by atoms with van der Waals surface area (Å²) < 4.78 is 17.3. The monoisotopic (exact) mass is 218 g/mol. The molecule has 0 amide bonds. The largest absolute Gasteiger partial charge is 0.465 e. The maximum atomic E-state index is 12.9. The van der Waals surface area contributed by atoms with Crippen molar-refractivity contribution in [3.05, 3.63) is 33.4 Å². The number of benzene rings is 1. The highest BCUT2D eigenvalue weighted by atomic mass is 35.5. The van der Waals surface area contributed by atoms with Crippen molar-refractivity contribution in [1.29, 1.82) is 0 Å². The smallest absolute Gasteiger partial charge is 0.339 e. The van der Waals surface area contributed by atoms with Gasteiger partial charge in [0, 0.05) is 22.2 Å². The molecule has 0 spiro atoms. The lowest BCUT2D eigenvalue weighted by Crippen LogP contribution is -2.56. The average molecular weight is 219 g/mol. The first-order chi connectivity index (χ1) is 6.60. The molecule has 1 aromatic rings. The fraction of sp³-hybridized carbons (Fsp3) is 0.125. The number of carbonyl (C=O) groups excluding carboxylic acids is 1. The Kier molecular flexibility index (Phi) is 3.14. The van der Waals surface area contributed by atoms with Gasteiger partial charge in [-0.1, -0.05) is 11.6 Å². The van der Waals surface area contributed by atoms with Gasteiger partial charge in [-0.2, -0.15) is 4.39 Å². The molecule has 1 aromatic carbocycles. The molecule has 4 nitrogen and oxygen atoms in total. The molecule has 0 bridgehead atoms. The van der Waals surface area contributed by atoms with Crippen molar-refractivity contribution >= 4 is 23.3 Å². The second kappa shape index (κ2) is 4.15. The molecule has 0 aliphatic rings. The zero-order valence-corrected chi connectivity index (χ0v) is 7.89. The van der Waals surface area contributed by atoms with Gasteiger partial charge in [0.2, 0.25) is 0 Å². The van der Waals surface area contributed by atoms with Crippen molar-refractivity contribution in [2.45, 2.75) is 0 Å². The van der Waals surface area contributed by atoms with E-state index in [1.165, 1.54) is 5.18 Å². The first-order valence-electron chi connectivity index (χ1n) is 3.55. The van der Waals surface area contributed by atoms with Gasteiger partial charge < -0.3 is 4.74 Å². The Bertz CT molecular complexity index is 394. The Morgan fingerprint density at radius 3 is 2.71 bits per heavy atom. The topological polar surface area (TPSA) is 57.3 Å². The van der Waals surface area contributed by atoms with Crippen LogP contribution in [0.15, 0.2) is 12.1 Å². The maximum absolute atomic E-state index is 12.9. The van der Waals surface area contributed by atoms with Gasteiger partial charge in [0.15, 0.2) is 5.82 Å². The predicted octanol–water partition coefficient (Wildman–Crippen LogP) is 0.744. The highest BCUT2D eigenvalue weighted by Gasteiger charge is 2.18. The molecule has 1 rings (SSSR count). The summed E-state index contributed by atoms with van der Waals surface area (Å²) in [6.45, 7) is 0. The molecule has 0 unspecified atom stereocenters. The van der Waals surface area contributed by atoms with E-state index in [9.17, 15) is 14.1 Å². The molecule has 1 N–H and O–H groups in total. The quantitative estimate of drug-likeness (QED) is 0.745. The summed E-state index contributed by atoms with van der Waals surface area (Å²) >= 11 is 5.56. The molecule has 74 valence electrons. The van der Waals surface area contributed by atoms with E-state index in [0.717, 1.165) is 19.2 Å². The number of hydrogen-bond donors (Lipinski definition) is 1. The SMILES string of the molecule is COC(=O)c1cc([NH+]=O)c(F)cc1Cl. The number of nitroso groups, excluding NO2 is 1. The summed E-state index contributed by atoms with van der Waals surface area (Å²) in [4.78, 5) is 21.3. The summed E-state index contributed by atoms with van der Waals surface area (Å²) in [7, 11) is 1.16. The first-order valence-corrected chi connectivity index (χ1v) is 3.93. The van der Waals surface area contributed by atoms with Gasteiger partial charge in [-0.25, -0.2) is 4.79 Å². The fourth-order valence-corrected chi connectivity index (χ4v) is 1.12. The van der Waals surface area contributed by atoms with Crippen LogP contribution in [0.2, 0.25) is 5.02 Å². The summed E-state index contributed by atoms with van der Waals surface area (Å²) in [5, 5.41) is 1.25. The molecule has 0 saturated carbocycles. The Balaban J connectivity index is 3.30. The van der Waals surface area contributed by atoms with E-state index in [0.29, 0.717) is 0 Å². The van der Waals surface area contributed by atoms with E-state index < -0.39 is 11.8 Å². The van der Waals surface area contributed by atoms with Crippen LogP contribution in [0, 0.1) is 10.7 Å². The van der Waals surface area contributed by atoms with E-state index in [2.05, 4.69) is 4.74 Å². The Morgan fingerprint density at radius 2 is 2.21 bits per heavy atom. The van der Waals surface area contributed by atoms with Crippen molar-refractivity contribution in [2.24, 2.45) is 0 Å². The summed E-state index contributed by atoms with van der Waals surface area (Å²) in [6, 6.07) is 1.87. The molecule has 0 fully saturated rings. The first kappa shape index (κ1) is 10.6. The molecule has 0 aliphatic heterocycles. The summed E-state index contributed by atoms with van der Waals surface area (Å²) in [5.74, 6) is -1.55. The number of rotatable bonds is 2. The zero-order chi connectivity index (χ0) is 10.7. The number of nitrogens with one attached hydrogen (secondary N) is 1. The molecular weight excluding hydrogens is 213 g/mol. The van der Waals surface area contributed by atoms with Crippen LogP contribution < -0.4 is 5.18 Å². The molecule has 0 aliphatic carbocycles. The third kappa shape index (κ3) is 1.88. The maximum Gasteiger partial charge on any atom is 0.339 e. The molecule has 0 atom stereocenters. The number of methoxy groups -OCH3 is 1. The van der Waals surface area contributed by atoms with Crippen molar-refractivity contribution < 1.29 is 19.1 Å². The predicted molar refractivity (Wildman–Crippen MR) is 46.7 cm³/mol. The van der Waals surface area contributed by atoms with Crippen LogP contribution in [0.4, 0.5) is 10.1 Å². The number of halogens is 2. The average Bonchev–Trinajstić information content (AvgIpc) is 2.17. The molecule has 6 heteroatoms. The van der Waals surface area contributed by atoms with Gasteiger partial charge >= 0.3 is 5.97 Å². The Morgan fingerprint density at radius 1 is 1.57 bits per heavy atom. The lowest BCUT2D eigenvalue weighted by molar-refractivity contribution is -0.382. The minimum atomic E-state index is -0.822. The second-order valence-corrected chi connectivity index (χ2v) is 2.81. The fourth-order valence-electron chi connectivity index (χ4n) is 0.894. The highest BCUT2D eigenvalue weighted by molar-refractivity contribution is 6.33. The van der Waals surface area contributed by atoms with Gasteiger partial charge in [0.25, 0.3) is 5.69 Å². The van der Waals surface area contributed by atoms with Crippen LogP contribution >= 0.6 is 11.6 Å². The normalized spacial score (nSPS) is 9.64. The molecule has 0 saturated heterocycles. The summed E-state index contributed by atoms with van der Waals surface area (Å²) in [6.07, 6.45) is 0. The number of esters is 1. The van der Waals surface area contributed by atoms with Crippen molar-refractivity contribution in [3.63, 3.8) is 0 Å². The van der Waals surface area contributed by atoms with E-state index >= 15 is 0 Å². The number of carbonyl (C=O) groups is 1. The number of ether oxygens (including phenoxy) is 1. The highest BCUT2D eigenvalue weighted by Crippen LogP contribution is 2.21. The number of hydrogen-bond acceptors (Lipinski definition) is 3. The lowest BCUT2D eigenvalue weighted by Gasteiger charge is -2.00. The van der Waals surface area contributed by atoms with Gasteiger partial charge in [-0.05, 0) is 0 Å². The third-order valence-electron chi connectivity index (χ3n) is 1.57. The zero-order valence-electron chi connectivity index (χ0n) is 7.14. The minimum Gasteiger partial charge on any atom is -0.465 e. The molecule has 0 heterocycles. The Labute approximate surface area is 83.6 Å². The van der Waals surface area contributed by atoms with Crippen LogP contribution in [0.5, 0.6) is 0 Å². The van der Waals surface area contributed by atoms with Crippen LogP contribution in [0.1, 0.15) is 10.4 Å². The van der Waals surface area contributed by atoms with Gasteiger partial charge in [-0.15, -0.1) is 0 Å². The Hall–Kier alpha value is -1.49. The van der Waals surface area contributed by atoms with Gasteiger partial charge in [0.05, 0.1) is 17.7 Å². The van der Waals surface area contributed by atoms with E-state index in [-0.39, 0.29) is 16.3 Å². The van der Waals surface area contributed by atoms with Gasteiger partial charge in [-0.3, -0.25) is 0 Å². The van der Waals surface area contributed by atoms with E-state index in [4.69, 9.17) is 11.6 Å². The molecule has 0 radical (unpaired) electrons. The van der Waals surface area contributed by atoms with E-state index in [1.807, 2.05) is 0 Å². The van der Waals surface area contributed by atoms with E-state index in [1.54, 1.807) is 0 Å². The van der Waals surface area contributed by atoms with Crippen molar-refractivity contribution in [2.75, 3.05) is 7.11 Å². The third-order valence-corrected chi connectivity index (χ3v) is 1.88. The standard InChI is InChI=1S/C8H5ClFNO3/c1-14-8(12)4-2-7(11-13)6(10)3-5(4)9/h2-3H,1H3/p+1.